The van der Waals surface area contributed by atoms with Crippen molar-refractivity contribution in [2.45, 2.75) is 0 Å². The topological polar surface area (TPSA) is 57.2 Å². The number of ketones is 1. The summed E-state index contributed by atoms with van der Waals surface area (Å²) in [6.45, 7) is 0. The van der Waals surface area contributed by atoms with Crippen LogP contribution in [0.1, 0.15) is 21.5 Å². The number of aliphatic carboxylic acids is 1. The van der Waals surface area contributed by atoms with Gasteiger partial charge in [-0.15, -0.1) is 0 Å². The van der Waals surface area contributed by atoms with Crippen molar-refractivity contribution in [2.75, 3.05) is 0 Å². The number of allylic oxidation sites excluding steroid dienone is 1. The summed E-state index contributed by atoms with van der Waals surface area (Å²) in [7, 11) is 0. The molecule has 0 radical (unpaired) electrons. The molecule has 3 rings (SSSR count). The van der Waals surface area contributed by atoms with Gasteiger partial charge in [0, 0.05) is 5.56 Å². The lowest BCUT2D eigenvalue weighted by Gasteiger charge is -1.94. The van der Waals surface area contributed by atoms with Crippen molar-refractivity contribution in [3.05, 3.63) is 120 Å². The largest absolute Gasteiger partial charge is 0.545 e. The van der Waals surface area contributed by atoms with E-state index < -0.39 is 5.97 Å². The number of carbonyl (C=O) groups is 2. The van der Waals surface area contributed by atoms with E-state index in [0.717, 1.165) is 22.8 Å². The van der Waals surface area contributed by atoms with E-state index >= 15 is 0 Å². The van der Waals surface area contributed by atoms with Crippen molar-refractivity contribution in [3.63, 3.8) is 0 Å². The molecule has 3 aromatic carbocycles. The summed E-state index contributed by atoms with van der Waals surface area (Å²) in [5.74, 6) is -1.14. The molecule has 0 aliphatic heterocycles. The van der Waals surface area contributed by atoms with E-state index in [2.05, 4.69) is 0 Å². The number of hydrogen-bond donors (Lipinski definition) is 0. The van der Waals surface area contributed by atoms with Crippen LogP contribution in [0.15, 0.2) is 103 Å². The molecule has 3 heteroatoms. The van der Waals surface area contributed by atoms with Crippen molar-refractivity contribution in [1.82, 2.24) is 0 Å². The van der Waals surface area contributed by atoms with Crippen LogP contribution in [0.2, 0.25) is 0 Å². The van der Waals surface area contributed by atoms with Gasteiger partial charge in [-0.25, -0.2) is 0 Å². The minimum atomic E-state index is -1.17. The zero-order chi connectivity index (χ0) is 19.3. The lowest BCUT2D eigenvalue weighted by molar-refractivity contribution is -0.297. The smallest absolute Gasteiger partial charge is 0.185 e. The van der Waals surface area contributed by atoms with Crippen LogP contribution in [-0.4, -0.2) is 11.8 Å². The van der Waals surface area contributed by atoms with Crippen molar-refractivity contribution in [1.29, 1.82) is 0 Å². The van der Waals surface area contributed by atoms with Gasteiger partial charge in [0.2, 0.25) is 0 Å². The van der Waals surface area contributed by atoms with Gasteiger partial charge in [-0.1, -0.05) is 103 Å². The van der Waals surface area contributed by atoms with Gasteiger partial charge in [0.05, 0.1) is 5.97 Å². The highest BCUT2D eigenvalue weighted by Crippen LogP contribution is 2.05. The molecule has 0 unspecified atom stereocenters. The molecule has 0 fully saturated rings. The van der Waals surface area contributed by atoms with E-state index in [9.17, 15) is 14.7 Å². The third-order valence-electron chi connectivity index (χ3n) is 3.50. The van der Waals surface area contributed by atoms with Crippen LogP contribution >= 0.6 is 0 Å². The van der Waals surface area contributed by atoms with Crippen molar-refractivity contribution in [2.24, 2.45) is 0 Å². The van der Waals surface area contributed by atoms with Crippen LogP contribution in [0.3, 0.4) is 0 Å². The van der Waals surface area contributed by atoms with Crippen LogP contribution in [0.4, 0.5) is 0 Å². The lowest BCUT2D eigenvalue weighted by Crippen LogP contribution is -2.18. The minimum absolute atomic E-state index is 0.0319. The first kappa shape index (κ1) is 19.6. The molecule has 0 N–H and O–H groups in total. The van der Waals surface area contributed by atoms with Gasteiger partial charge in [-0.2, -0.15) is 0 Å². The molecule has 3 nitrogen and oxygen atoms in total. The van der Waals surface area contributed by atoms with Gasteiger partial charge >= 0.3 is 0 Å². The Morgan fingerprint density at radius 1 is 0.593 bits per heavy atom. The van der Waals surface area contributed by atoms with E-state index in [-0.39, 0.29) is 5.78 Å². The van der Waals surface area contributed by atoms with E-state index in [1.54, 1.807) is 6.08 Å². The normalized spacial score (nSPS) is 10.4. The predicted molar refractivity (Wildman–Crippen MR) is 107 cm³/mol. The molecule has 0 aromatic heterocycles. The van der Waals surface area contributed by atoms with E-state index in [0.29, 0.717) is 0 Å². The van der Waals surface area contributed by atoms with Gasteiger partial charge in [0.25, 0.3) is 0 Å². The predicted octanol–water partition coefficient (Wildman–Crippen LogP) is 4.03. The Balaban J connectivity index is 0.000000208. The lowest BCUT2D eigenvalue weighted by atomic mass is 10.1. The number of carboxylic acid groups (broad SMARTS) is 1. The molecule has 134 valence electrons. The first-order valence-electron chi connectivity index (χ1n) is 8.42. The highest BCUT2D eigenvalue weighted by Gasteiger charge is 1.98. The average molecular weight is 355 g/mol. The molecule has 0 heterocycles. The first-order valence-corrected chi connectivity index (χ1v) is 8.42. The molecule has 0 aliphatic carbocycles. The van der Waals surface area contributed by atoms with Gasteiger partial charge in [-0.3, -0.25) is 4.79 Å². The number of rotatable bonds is 5. The maximum atomic E-state index is 11.7. The molecule has 27 heavy (non-hydrogen) atoms. The molecule has 0 saturated carbocycles. The fourth-order valence-electron chi connectivity index (χ4n) is 2.16. The van der Waals surface area contributed by atoms with Gasteiger partial charge in [0.15, 0.2) is 5.78 Å². The molecule has 0 bridgehead atoms. The van der Waals surface area contributed by atoms with E-state index in [4.69, 9.17) is 0 Å². The third kappa shape index (κ3) is 7.80. The summed E-state index contributed by atoms with van der Waals surface area (Å²) in [5, 5.41) is 9.97. The Bertz CT molecular complexity index is 896. The van der Waals surface area contributed by atoms with Gasteiger partial charge < -0.3 is 9.90 Å². The number of carbonyl (C=O) groups excluding carboxylic acids is 2. The van der Waals surface area contributed by atoms with Crippen molar-refractivity contribution in [3.8, 4) is 0 Å². The zero-order valence-electron chi connectivity index (χ0n) is 14.7. The van der Waals surface area contributed by atoms with Gasteiger partial charge in [-0.05, 0) is 23.3 Å². The number of hydrogen-bond acceptors (Lipinski definition) is 3. The van der Waals surface area contributed by atoms with Crippen LogP contribution in [0, 0.1) is 0 Å². The van der Waals surface area contributed by atoms with Crippen LogP contribution in [0.25, 0.3) is 12.2 Å². The zero-order valence-corrected chi connectivity index (χ0v) is 14.7. The van der Waals surface area contributed by atoms with Crippen LogP contribution in [0.5, 0.6) is 0 Å². The Labute approximate surface area is 158 Å². The van der Waals surface area contributed by atoms with Gasteiger partial charge in [0.1, 0.15) is 0 Å². The fourth-order valence-corrected chi connectivity index (χ4v) is 2.16. The summed E-state index contributed by atoms with van der Waals surface area (Å²) < 4.78 is 0. The first-order chi connectivity index (χ1) is 13.1. The summed E-state index contributed by atoms with van der Waals surface area (Å²) in [6, 6.07) is 28.2. The second-order valence-electron chi connectivity index (χ2n) is 5.54. The van der Waals surface area contributed by atoms with E-state index in [1.807, 2.05) is 97.1 Å². The Morgan fingerprint density at radius 2 is 1.00 bits per heavy atom. The monoisotopic (exact) mass is 355 g/mol. The fraction of sp³-hybridized carbons (Fsp3) is 0. The molecule has 0 amide bonds. The van der Waals surface area contributed by atoms with Crippen LogP contribution < -0.4 is 5.11 Å². The summed E-state index contributed by atoms with van der Waals surface area (Å²) >= 11 is 0. The number of benzene rings is 3. The number of carboxylic acids is 1. The maximum Gasteiger partial charge on any atom is 0.185 e. The summed E-state index contributed by atoms with van der Waals surface area (Å²) in [5.41, 5.74) is 2.61. The van der Waals surface area contributed by atoms with E-state index in [1.165, 1.54) is 6.08 Å². The third-order valence-corrected chi connectivity index (χ3v) is 3.50. The average Bonchev–Trinajstić information content (AvgIpc) is 2.73. The maximum absolute atomic E-state index is 11.7. The molecule has 0 spiro atoms. The Morgan fingerprint density at radius 3 is 1.44 bits per heavy atom. The standard InChI is InChI=1S/C15H12O.C9H8O2/c16-15(14-9-5-2-6-10-14)12-11-13-7-3-1-4-8-13;10-9(11)7-6-8-4-2-1-3-5-8/h1-12H;1-7H,(H,10,11)/p-1/b12-11+;7-6+. The second kappa shape index (κ2) is 11.0. The highest BCUT2D eigenvalue weighted by molar-refractivity contribution is 6.06. The van der Waals surface area contributed by atoms with Crippen molar-refractivity contribution >= 4 is 23.9 Å². The molecule has 3 aromatic rings. The highest BCUT2D eigenvalue weighted by atomic mass is 16.4. The minimum Gasteiger partial charge on any atom is -0.545 e. The molecule has 0 saturated heterocycles. The van der Waals surface area contributed by atoms with Crippen LogP contribution in [-0.2, 0) is 4.79 Å². The molecular weight excluding hydrogens is 336 g/mol. The molecule has 0 atom stereocenters. The Kier molecular flexibility index (Phi) is 7.99. The molecular formula is C24H19O3-. The quantitative estimate of drug-likeness (QED) is 0.513. The Hall–Kier alpha value is -3.72. The van der Waals surface area contributed by atoms with Crippen molar-refractivity contribution < 1.29 is 14.7 Å². The molecule has 0 aliphatic rings. The second-order valence-corrected chi connectivity index (χ2v) is 5.54. The SMILES string of the molecule is O=C(/C=C/c1ccccc1)c1ccccc1.O=C([O-])/C=C/c1ccccc1. The summed E-state index contributed by atoms with van der Waals surface area (Å²) in [6.07, 6.45) is 5.94. The summed E-state index contributed by atoms with van der Waals surface area (Å²) in [4.78, 5) is 21.7.